The number of azo groups is 1. The lowest BCUT2D eigenvalue weighted by atomic mass is 10.2. The molecular formula is C6H5N3. The van der Waals surface area contributed by atoms with E-state index >= 15 is 0 Å². The van der Waals surface area contributed by atoms with Crippen LogP contribution in [0.4, 0.5) is 17.1 Å². The fourth-order valence-corrected chi connectivity index (χ4v) is 0.768. The SMILES string of the molecule is Nc1ccc2c(c1)N=N2. The van der Waals surface area contributed by atoms with Gasteiger partial charge >= 0.3 is 0 Å². The van der Waals surface area contributed by atoms with Crippen LogP contribution in [-0.2, 0) is 0 Å². The lowest BCUT2D eigenvalue weighted by Crippen LogP contribution is -1.84. The first-order valence-corrected chi connectivity index (χ1v) is 2.67. The van der Waals surface area contributed by atoms with Gasteiger partial charge in [-0.1, -0.05) is 0 Å². The minimum absolute atomic E-state index is 0.743. The predicted octanol–water partition coefficient (Wildman–Crippen LogP) is 2.00. The number of nitrogen functional groups attached to an aromatic ring is 1. The number of hydrogen-bond acceptors (Lipinski definition) is 3. The van der Waals surface area contributed by atoms with Gasteiger partial charge in [-0.3, -0.25) is 0 Å². The van der Waals surface area contributed by atoms with E-state index in [2.05, 4.69) is 10.2 Å². The molecule has 44 valence electrons. The molecule has 0 atom stereocenters. The first-order valence-electron chi connectivity index (χ1n) is 2.67. The highest BCUT2D eigenvalue weighted by Gasteiger charge is 2.07. The number of nitrogens with zero attached hydrogens (tertiary/aromatic N) is 2. The summed E-state index contributed by atoms with van der Waals surface area (Å²) in [6.45, 7) is 0. The van der Waals surface area contributed by atoms with E-state index in [1.54, 1.807) is 0 Å². The molecule has 3 heteroatoms. The molecule has 0 spiro atoms. The Labute approximate surface area is 52.2 Å². The van der Waals surface area contributed by atoms with Gasteiger partial charge in [-0.05, 0) is 18.2 Å². The first-order chi connectivity index (χ1) is 4.36. The molecule has 1 aromatic carbocycles. The summed E-state index contributed by atoms with van der Waals surface area (Å²) in [4.78, 5) is 0. The Morgan fingerprint density at radius 1 is 1.11 bits per heavy atom. The van der Waals surface area contributed by atoms with Gasteiger partial charge in [0, 0.05) is 5.69 Å². The van der Waals surface area contributed by atoms with E-state index in [1.807, 2.05) is 18.2 Å². The van der Waals surface area contributed by atoms with E-state index in [9.17, 15) is 0 Å². The molecule has 1 aliphatic heterocycles. The standard InChI is InChI=1S/C6H5N3/c7-4-1-2-5-6(3-4)9-8-5/h1-3H,7H2. The van der Waals surface area contributed by atoms with E-state index in [-0.39, 0.29) is 0 Å². The molecule has 3 nitrogen and oxygen atoms in total. The topological polar surface area (TPSA) is 50.7 Å². The zero-order valence-electron chi connectivity index (χ0n) is 4.70. The van der Waals surface area contributed by atoms with Gasteiger partial charge in [-0.15, -0.1) is 10.2 Å². The Morgan fingerprint density at radius 2 is 1.89 bits per heavy atom. The maximum atomic E-state index is 5.46. The fraction of sp³-hybridized carbons (Fsp3) is 0. The number of fused-ring (bicyclic) bond motifs is 1. The van der Waals surface area contributed by atoms with Crippen molar-refractivity contribution < 1.29 is 0 Å². The normalized spacial score (nSPS) is 12.4. The van der Waals surface area contributed by atoms with Crippen molar-refractivity contribution in [1.82, 2.24) is 0 Å². The average Bonchev–Trinajstić information content (AvgIpc) is 1.78. The molecule has 2 N–H and O–H groups in total. The summed E-state index contributed by atoms with van der Waals surface area (Å²) in [6, 6.07) is 5.48. The van der Waals surface area contributed by atoms with Gasteiger partial charge in [-0.2, -0.15) is 0 Å². The van der Waals surface area contributed by atoms with Crippen LogP contribution >= 0.6 is 0 Å². The van der Waals surface area contributed by atoms with Crippen molar-refractivity contribution in [1.29, 1.82) is 0 Å². The van der Waals surface area contributed by atoms with Crippen LogP contribution in [0.2, 0.25) is 0 Å². The second-order valence-corrected chi connectivity index (χ2v) is 1.95. The van der Waals surface area contributed by atoms with Crippen molar-refractivity contribution in [2.24, 2.45) is 10.2 Å². The fourth-order valence-electron chi connectivity index (χ4n) is 0.768. The van der Waals surface area contributed by atoms with Crippen molar-refractivity contribution in [3.8, 4) is 0 Å². The number of nitrogens with two attached hydrogens (primary N) is 1. The molecule has 2 rings (SSSR count). The summed E-state index contributed by atoms with van der Waals surface area (Å²) in [5.41, 5.74) is 8.04. The van der Waals surface area contributed by atoms with Crippen molar-refractivity contribution in [2.75, 3.05) is 5.73 Å². The zero-order valence-corrected chi connectivity index (χ0v) is 4.70. The van der Waals surface area contributed by atoms with E-state index < -0.39 is 0 Å². The van der Waals surface area contributed by atoms with E-state index in [0.717, 1.165) is 17.1 Å². The highest BCUT2D eigenvalue weighted by atomic mass is 15.2. The largest absolute Gasteiger partial charge is 0.399 e. The van der Waals surface area contributed by atoms with Gasteiger partial charge in [0.2, 0.25) is 0 Å². The van der Waals surface area contributed by atoms with Crippen molar-refractivity contribution >= 4 is 17.1 Å². The van der Waals surface area contributed by atoms with Gasteiger partial charge in [0.1, 0.15) is 11.4 Å². The average molecular weight is 119 g/mol. The molecule has 0 saturated carbocycles. The Hall–Kier alpha value is -1.38. The van der Waals surface area contributed by atoms with Gasteiger partial charge in [0.05, 0.1) is 0 Å². The Morgan fingerprint density at radius 3 is 2.33 bits per heavy atom. The molecule has 9 heavy (non-hydrogen) atoms. The molecule has 1 aromatic rings. The Balaban J connectivity index is 2.63. The lowest BCUT2D eigenvalue weighted by Gasteiger charge is -2.05. The van der Waals surface area contributed by atoms with Crippen LogP contribution < -0.4 is 5.73 Å². The summed E-state index contributed by atoms with van der Waals surface area (Å²) >= 11 is 0. The third-order valence-electron chi connectivity index (χ3n) is 1.26. The first kappa shape index (κ1) is 4.49. The van der Waals surface area contributed by atoms with Crippen LogP contribution in [0.5, 0.6) is 0 Å². The molecular weight excluding hydrogens is 114 g/mol. The van der Waals surface area contributed by atoms with Crippen LogP contribution in [0.3, 0.4) is 0 Å². The highest BCUT2D eigenvalue weighted by Crippen LogP contribution is 2.38. The van der Waals surface area contributed by atoms with Gasteiger partial charge in [-0.25, -0.2) is 0 Å². The molecule has 0 aliphatic carbocycles. The molecule has 0 aromatic heterocycles. The highest BCUT2D eigenvalue weighted by molar-refractivity contribution is 5.70. The van der Waals surface area contributed by atoms with Crippen molar-refractivity contribution in [3.05, 3.63) is 18.2 Å². The molecule has 0 unspecified atom stereocenters. The second kappa shape index (κ2) is 1.31. The minimum atomic E-state index is 0.743. The van der Waals surface area contributed by atoms with Gasteiger partial charge < -0.3 is 5.73 Å². The van der Waals surface area contributed by atoms with Crippen molar-refractivity contribution in [2.45, 2.75) is 0 Å². The van der Waals surface area contributed by atoms with E-state index in [0.29, 0.717) is 0 Å². The maximum Gasteiger partial charge on any atom is 0.115 e. The molecule has 0 radical (unpaired) electrons. The molecule has 1 aliphatic rings. The van der Waals surface area contributed by atoms with Crippen LogP contribution in [-0.4, -0.2) is 0 Å². The minimum Gasteiger partial charge on any atom is -0.399 e. The summed E-state index contributed by atoms with van der Waals surface area (Å²) in [7, 11) is 0. The molecule has 0 bridgehead atoms. The third kappa shape index (κ3) is 0.512. The quantitative estimate of drug-likeness (QED) is 0.530. The van der Waals surface area contributed by atoms with Crippen molar-refractivity contribution in [3.63, 3.8) is 0 Å². The zero-order chi connectivity index (χ0) is 6.27. The maximum absolute atomic E-state index is 5.46. The summed E-state index contributed by atoms with van der Waals surface area (Å²) < 4.78 is 0. The Bertz CT molecular complexity index is 278. The van der Waals surface area contributed by atoms with Gasteiger partial charge in [0.15, 0.2) is 0 Å². The van der Waals surface area contributed by atoms with E-state index in [1.165, 1.54) is 0 Å². The number of rotatable bonds is 0. The monoisotopic (exact) mass is 119 g/mol. The molecule has 0 saturated heterocycles. The predicted molar refractivity (Wildman–Crippen MR) is 35.0 cm³/mol. The number of hydrogen-bond donors (Lipinski definition) is 1. The number of benzene rings is 1. The Kier molecular flexibility index (Phi) is 0.656. The molecule has 0 fully saturated rings. The molecule has 0 amide bonds. The lowest BCUT2D eigenvalue weighted by molar-refractivity contribution is 1.14. The van der Waals surface area contributed by atoms with Crippen LogP contribution in [0.1, 0.15) is 0 Å². The van der Waals surface area contributed by atoms with E-state index in [4.69, 9.17) is 5.73 Å². The third-order valence-corrected chi connectivity index (χ3v) is 1.26. The smallest absolute Gasteiger partial charge is 0.115 e. The molecule has 1 heterocycles. The number of anilines is 1. The second-order valence-electron chi connectivity index (χ2n) is 1.95. The summed E-state index contributed by atoms with van der Waals surface area (Å²) in [5.74, 6) is 0. The summed E-state index contributed by atoms with van der Waals surface area (Å²) in [6.07, 6.45) is 0. The summed E-state index contributed by atoms with van der Waals surface area (Å²) in [5, 5.41) is 7.48. The van der Waals surface area contributed by atoms with Crippen LogP contribution in [0, 0.1) is 0 Å². The van der Waals surface area contributed by atoms with Crippen LogP contribution in [0.15, 0.2) is 28.4 Å². The van der Waals surface area contributed by atoms with Crippen LogP contribution in [0.25, 0.3) is 0 Å². The van der Waals surface area contributed by atoms with Gasteiger partial charge in [0.25, 0.3) is 0 Å².